The Morgan fingerprint density at radius 1 is 1.22 bits per heavy atom. The lowest BCUT2D eigenvalue weighted by atomic mass is 10.3. The van der Waals surface area contributed by atoms with Crippen LogP contribution in [0.4, 0.5) is 25.0 Å². The first-order valence-corrected chi connectivity index (χ1v) is 6.83. The van der Waals surface area contributed by atoms with Crippen molar-refractivity contribution in [2.75, 3.05) is 17.2 Å². The number of nitrogens with one attached hydrogen (secondary N) is 4. The fourth-order valence-corrected chi connectivity index (χ4v) is 1.75. The molecule has 2 aromatic rings. The Hall–Kier alpha value is -2.97. The zero-order chi connectivity index (χ0) is 16.7. The number of nitrogens with zero attached hydrogens (tertiary/aromatic N) is 1. The molecule has 7 nitrogen and oxygen atoms in total. The van der Waals surface area contributed by atoms with Gasteiger partial charge in [-0.1, -0.05) is 0 Å². The third kappa shape index (κ3) is 5.38. The van der Waals surface area contributed by atoms with Gasteiger partial charge in [0.2, 0.25) is 5.91 Å². The molecule has 122 valence electrons. The number of carbonyl (C=O) groups is 2. The zero-order valence-electron chi connectivity index (χ0n) is 12.0. The number of carbonyl (C=O) groups excluding carboxylic acids is 2. The summed E-state index contributed by atoms with van der Waals surface area (Å²) in [5.41, 5.74) is 0.439. The smallest absolute Gasteiger partial charge is 0.319 e. The summed E-state index contributed by atoms with van der Waals surface area (Å²) in [4.78, 5) is 23.1. The molecular weight excluding hydrogens is 308 g/mol. The lowest BCUT2D eigenvalue weighted by Gasteiger charge is -2.08. The van der Waals surface area contributed by atoms with E-state index >= 15 is 0 Å². The van der Waals surface area contributed by atoms with Crippen LogP contribution in [0.25, 0.3) is 0 Å². The molecule has 0 spiro atoms. The maximum absolute atomic E-state index is 13.3. The van der Waals surface area contributed by atoms with Crippen LogP contribution in [0.15, 0.2) is 30.6 Å². The van der Waals surface area contributed by atoms with E-state index in [1.165, 1.54) is 6.20 Å². The molecule has 9 heteroatoms. The van der Waals surface area contributed by atoms with Crippen molar-refractivity contribution in [1.29, 1.82) is 0 Å². The highest BCUT2D eigenvalue weighted by Gasteiger charge is 2.08. The number of aromatic amines is 1. The van der Waals surface area contributed by atoms with Crippen LogP contribution in [0.1, 0.15) is 12.8 Å². The number of urea groups is 1. The van der Waals surface area contributed by atoms with Gasteiger partial charge < -0.3 is 16.0 Å². The van der Waals surface area contributed by atoms with Gasteiger partial charge in [-0.3, -0.25) is 9.89 Å². The fraction of sp³-hybridized carbons (Fsp3) is 0.214. The lowest BCUT2D eigenvalue weighted by Crippen LogP contribution is -2.30. The highest BCUT2D eigenvalue weighted by Crippen LogP contribution is 2.14. The van der Waals surface area contributed by atoms with Gasteiger partial charge in [0.1, 0.15) is 11.6 Å². The summed E-state index contributed by atoms with van der Waals surface area (Å²) < 4.78 is 26.1. The molecule has 0 unspecified atom stereocenters. The van der Waals surface area contributed by atoms with Gasteiger partial charge in [-0.2, -0.15) is 5.10 Å². The minimum atomic E-state index is -0.861. The van der Waals surface area contributed by atoms with Crippen LogP contribution in [-0.4, -0.2) is 28.7 Å². The Bertz CT molecular complexity index is 676. The summed E-state index contributed by atoms with van der Waals surface area (Å²) in [5.74, 6) is -1.80. The van der Waals surface area contributed by atoms with Crippen LogP contribution in [0, 0.1) is 11.6 Å². The van der Waals surface area contributed by atoms with Gasteiger partial charge in [0.05, 0.1) is 17.6 Å². The van der Waals surface area contributed by atoms with Gasteiger partial charge in [-0.15, -0.1) is 0 Å². The standard InChI is InChI=1S/C14H15F2N5O2/c15-9-3-4-12(11(16)6-9)21-14(23)17-5-1-2-13(22)20-10-7-18-19-8-10/h3-4,6-8H,1-2,5H2,(H,18,19)(H,20,22)(H2,17,21,23). The van der Waals surface area contributed by atoms with Crippen molar-refractivity contribution in [3.8, 4) is 0 Å². The first kappa shape index (κ1) is 16.4. The van der Waals surface area contributed by atoms with Crippen molar-refractivity contribution in [3.63, 3.8) is 0 Å². The van der Waals surface area contributed by atoms with Crippen molar-refractivity contribution >= 4 is 23.3 Å². The highest BCUT2D eigenvalue weighted by atomic mass is 19.1. The molecule has 0 aliphatic heterocycles. The van der Waals surface area contributed by atoms with E-state index in [4.69, 9.17) is 0 Å². The molecular formula is C14H15F2N5O2. The summed E-state index contributed by atoms with van der Waals surface area (Å²) in [7, 11) is 0. The zero-order valence-corrected chi connectivity index (χ0v) is 12.0. The second-order valence-corrected chi connectivity index (χ2v) is 4.64. The number of H-pyrrole nitrogens is 1. The molecule has 0 bridgehead atoms. The van der Waals surface area contributed by atoms with E-state index in [2.05, 4.69) is 26.1 Å². The summed E-state index contributed by atoms with van der Waals surface area (Å²) >= 11 is 0. The second kappa shape index (κ2) is 7.87. The van der Waals surface area contributed by atoms with Gasteiger partial charge in [0.25, 0.3) is 0 Å². The number of halogens is 2. The topological polar surface area (TPSA) is 98.9 Å². The van der Waals surface area contributed by atoms with E-state index in [9.17, 15) is 18.4 Å². The highest BCUT2D eigenvalue weighted by molar-refractivity contribution is 5.91. The summed E-state index contributed by atoms with van der Waals surface area (Å²) in [6.45, 7) is 0.230. The second-order valence-electron chi connectivity index (χ2n) is 4.64. The van der Waals surface area contributed by atoms with Crippen molar-refractivity contribution in [1.82, 2.24) is 15.5 Å². The number of rotatable bonds is 6. The number of hydrogen-bond acceptors (Lipinski definition) is 3. The maximum atomic E-state index is 13.3. The SMILES string of the molecule is O=C(CCCNC(=O)Nc1ccc(F)cc1F)Nc1cn[nH]c1. The molecule has 23 heavy (non-hydrogen) atoms. The predicted molar refractivity (Wildman–Crippen MR) is 79.8 cm³/mol. The van der Waals surface area contributed by atoms with Crippen LogP contribution in [0.2, 0.25) is 0 Å². The first-order valence-electron chi connectivity index (χ1n) is 6.83. The van der Waals surface area contributed by atoms with E-state index in [1.807, 2.05) is 0 Å². The third-order valence-corrected chi connectivity index (χ3v) is 2.83. The number of anilines is 2. The summed E-state index contributed by atoms with van der Waals surface area (Å²) in [5, 5.41) is 13.6. The lowest BCUT2D eigenvalue weighted by molar-refractivity contribution is -0.116. The molecule has 0 saturated heterocycles. The van der Waals surface area contributed by atoms with Gasteiger partial charge in [-0.05, 0) is 18.6 Å². The van der Waals surface area contributed by atoms with E-state index in [0.717, 1.165) is 12.1 Å². The molecule has 0 fully saturated rings. The maximum Gasteiger partial charge on any atom is 0.319 e. The molecule has 0 aliphatic rings. The number of hydrogen-bond donors (Lipinski definition) is 4. The molecule has 1 heterocycles. The van der Waals surface area contributed by atoms with Crippen LogP contribution in [0.3, 0.4) is 0 Å². The normalized spacial score (nSPS) is 10.2. The average molecular weight is 323 g/mol. The Morgan fingerprint density at radius 3 is 2.74 bits per heavy atom. The van der Waals surface area contributed by atoms with Crippen molar-refractivity contribution in [2.24, 2.45) is 0 Å². The summed E-state index contributed by atoms with van der Waals surface area (Å²) in [6, 6.07) is 2.21. The molecule has 0 aliphatic carbocycles. The van der Waals surface area contributed by atoms with Crippen LogP contribution in [-0.2, 0) is 4.79 Å². The summed E-state index contributed by atoms with van der Waals surface area (Å²) in [6.07, 6.45) is 3.63. The van der Waals surface area contributed by atoms with E-state index in [0.29, 0.717) is 18.2 Å². The molecule has 1 aromatic heterocycles. The van der Waals surface area contributed by atoms with Gasteiger partial charge in [-0.25, -0.2) is 13.6 Å². The van der Waals surface area contributed by atoms with E-state index < -0.39 is 17.7 Å². The van der Waals surface area contributed by atoms with Crippen LogP contribution >= 0.6 is 0 Å². The Balaban J connectivity index is 1.65. The molecule has 3 amide bonds. The van der Waals surface area contributed by atoms with Crippen LogP contribution in [0.5, 0.6) is 0 Å². The number of amides is 3. The van der Waals surface area contributed by atoms with Crippen LogP contribution < -0.4 is 16.0 Å². The van der Waals surface area contributed by atoms with Crippen molar-refractivity contribution < 1.29 is 18.4 Å². The van der Waals surface area contributed by atoms with Gasteiger partial charge in [0, 0.05) is 25.2 Å². The molecule has 0 saturated carbocycles. The molecule has 4 N–H and O–H groups in total. The third-order valence-electron chi connectivity index (χ3n) is 2.83. The van der Waals surface area contributed by atoms with Gasteiger partial charge >= 0.3 is 6.03 Å². The minimum absolute atomic E-state index is 0.124. The van der Waals surface area contributed by atoms with Gasteiger partial charge in [0.15, 0.2) is 0 Å². The Kier molecular flexibility index (Phi) is 5.61. The Labute approximate surface area is 130 Å². The number of benzene rings is 1. The molecule has 1 aromatic carbocycles. The Morgan fingerprint density at radius 2 is 2.04 bits per heavy atom. The van der Waals surface area contributed by atoms with E-state index in [1.54, 1.807) is 6.20 Å². The number of aromatic nitrogens is 2. The van der Waals surface area contributed by atoms with E-state index in [-0.39, 0.29) is 24.6 Å². The monoisotopic (exact) mass is 323 g/mol. The van der Waals surface area contributed by atoms with Crippen molar-refractivity contribution in [2.45, 2.75) is 12.8 Å². The molecule has 0 radical (unpaired) electrons. The largest absolute Gasteiger partial charge is 0.338 e. The average Bonchev–Trinajstić information content (AvgIpc) is 2.99. The fourth-order valence-electron chi connectivity index (χ4n) is 1.75. The van der Waals surface area contributed by atoms with Crippen molar-refractivity contribution in [3.05, 3.63) is 42.2 Å². The molecule has 0 atom stereocenters. The minimum Gasteiger partial charge on any atom is -0.338 e. The molecule has 2 rings (SSSR count). The predicted octanol–water partition coefficient (Wildman–Crippen LogP) is 2.23. The quantitative estimate of drug-likeness (QED) is 0.613. The first-order chi connectivity index (χ1) is 11.0.